The SMILES string of the molecule is CCCCO[P+](C)=O.[Zn]. The van der Waals surface area contributed by atoms with Crippen LogP contribution in [0.1, 0.15) is 19.8 Å². The van der Waals surface area contributed by atoms with Crippen LogP contribution in [0.25, 0.3) is 0 Å². The van der Waals surface area contributed by atoms with Crippen LogP contribution in [-0.4, -0.2) is 13.3 Å². The van der Waals surface area contributed by atoms with Crippen LogP contribution in [0.15, 0.2) is 0 Å². The van der Waals surface area contributed by atoms with Crippen molar-refractivity contribution in [2.75, 3.05) is 13.3 Å². The van der Waals surface area contributed by atoms with Gasteiger partial charge in [-0.3, -0.25) is 0 Å². The third kappa shape index (κ3) is 12.0. The maximum Gasteiger partial charge on any atom is 0.504 e. The van der Waals surface area contributed by atoms with E-state index in [1.165, 1.54) is 0 Å². The average molecular weight is 201 g/mol. The number of unbranched alkanes of at least 4 members (excludes halogenated alkanes) is 1. The van der Waals surface area contributed by atoms with Crippen molar-refractivity contribution in [3.05, 3.63) is 0 Å². The number of rotatable bonds is 4. The Labute approximate surface area is 70.0 Å². The molecule has 0 heterocycles. The normalized spacial score (nSPS) is 10.2. The molecule has 0 saturated carbocycles. The minimum absolute atomic E-state index is 0. The van der Waals surface area contributed by atoms with Crippen LogP contribution >= 0.6 is 8.03 Å². The van der Waals surface area contributed by atoms with Gasteiger partial charge in [-0.05, 0) is 11.0 Å². The molecular formula is C5H12O2PZn+. The summed E-state index contributed by atoms with van der Waals surface area (Å²) in [6, 6.07) is 0. The molecule has 9 heavy (non-hydrogen) atoms. The van der Waals surface area contributed by atoms with Gasteiger partial charge in [-0.2, -0.15) is 0 Å². The molecule has 1 unspecified atom stereocenters. The van der Waals surface area contributed by atoms with Crippen LogP contribution in [0, 0.1) is 0 Å². The van der Waals surface area contributed by atoms with Gasteiger partial charge in [0.25, 0.3) is 0 Å². The third-order valence-corrected chi connectivity index (χ3v) is 1.32. The largest absolute Gasteiger partial charge is 0.504 e. The predicted molar refractivity (Wildman–Crippen MR) is 34.4 cm³/mol. The van der Waals surface area contributed by atoms with Crippen molar-refractivity contribution in [1.29, 1.82) is 0 Å². The van der Waals surface area contributed by atoms with E-state index >= 15 is 0 Å². The second-order valence-electron chi connectivity index (χ2n) is 1.63. The zero-order valence-corrected chi connectivity index (χ0v) is 9.95. The summed E-state index contributed by atoms with van der Waals surface area (Å²) in [6.07, 6.45) is 2.11. The molecule has 0 aliphatic heterocycles. The van der Waals surface area contributed by atoms with Gasteiger partial charge >= 0.3 is 8.03 Å². The van der Waals surface area contributed by atoms with Crippen molar-refractivity contribution in [3.8, 4) is 0 Å². The molecule has 0 aliphatic carbocycles. The molecule has 0 aromatic carbocycles. The second-order valence-corrected chi connectivity index (χ2v) is 2.76. The number of hydrogen-bond donors (Lipinski definition) is 0. The van der Waals surface area contributed by atoms with Crippen LogP contribution < -0.4 is 0 Å². The molecule has 50 valence electrons. The molecule has 0 aromatic rings. The molecule has 0 aliphatic rings. The van der Waals surface area contributed by atoms with Gasteiger partial charge in [0.05, 0.1) is 0 Å². The van der Waals surface area contributed by atoms with Crippen LogP contribution in [0.5, 0.6) is 0 Å². The fourth-order valence-corrected chi connectivity index (χ4v) is 0.724. The molecule has 0 fully saturated rings. The summed E-state index contributed by atoms with van der Waals surface area (Å²) in [4.78, 5) is 0. The minimum atomic E-state index is -1.36. The summed E-state index contributed by atoms with van der Waals surface area (Å²) in [6.45, 7) is 4.29. The van der Waals surface area contributed by atoms with E-state index in [9.17, 15) is 4.57 Å². The van der Waals surface area contributed by atoms with E-state index < -0.39 is 8.03 Å². The average Bonchev–Trinajstić information content (AvgIpc) is 1.66. The summed E-state index contributed by atoms with van der Waals surface area (Å²) in [5, 5.41) is 0. The van der Waals surface area contributed by atoms with Crippen LogP contribution in [0.2, 0.25) is 0 Å². The topological polar surface area (TPSA) is 26.3 Å². The molecule has 0 bridgehead atoms. The smallest absolute Gasteiger partial charge is 0.147 e. The van der Waals surface area contributed by atoms with Crippen molar-refractivity contribution < 1.29 is 28.6 Å². The van der Waals surface area contributed by atoms with Gasteiger partial charge in [-0.25, -0.2) is 0 Å². The van der Waals surface area contributed by atoms with Gasteiger partial charge < -0.3 is 0 Å². The van der Waals surface area contributed by atoms with Gasteiger partial charge in [-0.15, -0.1) is 4.52 Å². The first-order valence-corrected chi connectivity index (χ1v) is 4.43. The molecule has 0 aromatic heterocycles. The van der Waals surface area contributed by atoms with Gasteiger partial charge in [-0.1, -0.05) is 13.3 Å². The minimum Gasteiger partial charge on any atom is -0.147 e. The zero-order chi connectivity index (χ0) is 6.41. The maximum absolute atomic E-state index is 10.2. The van der Waals surface area contributed by atoms with E-state index in [2.05, 4.69) is 6.92 Å². The molecule has 0 saturated heterocycles. The molecular weight excluding hydrogens is 188 g/mol. The van der Waals surface area contributed by atoms with E-state index in [1.807, 2.05) is 0 Å². The van der Waals surface area contributed by atoms with Gasteiger partial charge in [0.2, 0.25) is 0 Å². The molecule has 1 atom stereocenters. The standard InChI is InChI=1S/C5H12O2P.Zn/c1-3-4-5-7-8(2)6;/h3-5H2,1-2H3;/q+1;. The van der Waals surface area contributed by atoms with Gasteiger partial charge in [0.1, 0.15) is 6.61 Å². The van der Waals surface area contributed by atoms with Crippen LogP contribution in [0.3, 0.4) is 0 Å². The van der Waals surface area contributed by atoms with Crippen LogP contribution in [0.4, 0.5) is 0 Å². The molecule has 0 amide bonds. The van der Waals surface area contributed by atoms with E-state index in [4.69, 9.17) is 4.52 Å². The van der Waals surface area contributed by atoms with Crippen molar-refractivity contribution >= 4 is 8.03 Å². The molecule has 0 spiro atoms. The summed E-state index contributed by atoms with van der Waals surface area (Å²) in [5.74, 6) is 0. The van der Waals surface area contributed by atoms with E-state index in [0.29, 0.717) is 6.61 Å². The maximum atomic E-state index is 10.2. The van der Waals surface area contributed by atoms with Crippen molar-refractivity contribution in [2.24, 2.45) is 0 Å². The fourth-order valence-electron chi connectivity index (χ4n) is 0.337. The van der Waals surface area contributed by atoms with Crippen molar-refractivity contribution in [1.82, 2.24) is 0 Å². The molecule has 0 rings (SSSR count). The molecule has 4 heteroatoms. The fraction of sp³-hybridized carbons (Fsp3) is 1.00. The number of hydrogen-bond acceptors (Lipinski definition) is 2. The Bertz CT molecular complexity index is 77.4. The summed E-state index contributed by atoms with van der Waals surface area (Å²) in [5.41, 5.74) is 0. The first-order chi connectivity index (χ1) is 3.77. The molecule has 2 nitrogen and oxygen atoms in total. The summed E-state index contributed by atoms with van der Waals surface area (Å²) < 4.78 is 15.0. The van der Waals surface area contributed by atoms with E-state index in [0.717, 1.165) is 12.8 Å². The van der Waals surface area contributed by atoms with E-state index in [-0.39, 0.29) is 19.5 Å². The summed E-state index contributed by atoms with van der Waals surface area (Å²) >= 11 is 0. The quantitative estimate of drug-likeness (QED) is 0.395. The van der Waals surface area contributed by atoms with Gasteiger partial charge in [0.15, 0.2) is 6.66 Å². The third-order valence-electron chi connectivity index (χ3n) is 0.771. The Kier molecular flexibility index (Phi) is 11.9. The first kappa shape index (κ1) is 12.4. The van der Waals surface area contributed by atoms with Crippen LogP contribution in [-0.2, 0) is 28.6 Å². The summed E-state index contributed by atoms with van der Waals surface area (Å²) in [7, 11) is -1.36. The molecule has 0 radical (unpaired) electrons. The Balaban J connectivity index is 0. The Morgan fingerprint density at radius 1 is 1.56 bits per heavy atom. The molecule has 0 N–H and O–H groups in total. The Morgan fingerprint density at radius 3 is 2.44 bits per heavy atom. The van der Waals surface area contributed by atoms with E-state index in [1.54, 1.807) is 6.66 Å². The zero-order valence-electron chi connectivity index (χ0n) is 6.09. The van der Waals surface area contributed by atoms with Gasteiger partial charge in [0, 0.05) is 19.5 Å². The first-order valence-electron chi connectivity index (χ1n) is 2.81. The second kappa shape index (κ2) is 8.68. The Morgan fingerprint density at radius 2 is 2.11 bits per heavy atom. The predicted octanol–water partition coefficient (Wildman–Crippen LogP) is 2.17. The van der Waals surface area contributed by atoms with Crippen molar-refractivity contribution in [3.63, 3.8) is 0 Å². The Hall–Kier alpha value is 0.683. The monoisotopic (exact) mass is 199 g/mol. The van der Waals surface area contributed by atoms with Crippen molar-refractivity contribution in [2.45, 2.75) is 19.8 Å².